The minimum atomic E-state index is -3.29. The van der Waals surface area contributed by atoms with E-state index >= 15 is 0 Å². The van der Waals surface area contributed by atoms with Gasteiger partial charge in [0.2, 0.25) is 10.0 Å². The zero-order valence-corrected chi connectivity index (χ0v) is 15.9. The number of halogens is 3. The van der Waals surface area contributed by atoms with E-state index in [1.54, 1.807) is 0 Å². The van der Waals surface area contributed by atoms with Crippen molar-refractivity contribution in [2.45, 2.75) is 18.9 Å². The van der Waals surface area contributed by atoms with Crippen molar-refractivity contribution in [3.63, 3.8) is 0 Å². The topological polar surface area (TPSA) is 84.3 Å². The quantitative estimate of drug-likeness (QED) is 0.816. The molecule has 1 aromatic carbocycles. The van der Waals surface area contributed by atoms with E-state index in [4.69, 9.17) is 11.6 Å². The normalized spacial score (nSPS) is 15.9. The summed E-state index contributed by atoms with van der Waals surface area (Å²) in [6.07, 6.45) is 3.53. The highest BCUT2D eigenvalue weighted by atomic mass is 35.5. The molecule has 3 rings (SSSR count). The molecular formula is C16H17ClF2N4O3S. The van der Waals surface area contributed by atoms with Crippen LogP contribution in [0.2, 0.25) is 5.02 Å². The molecule has 1 aromatic heterocycles. The summed E-state index contributed by atoms with van der Waals surface area (Å²) >= 11 is 6.19. The molecule has 146 valence electrons. The van der Waals surface area contributed by atoms with Crippen LogP contribution in [0.25, 0.3) is 5.69 Å². The molecule has 27 heavy (non-hydrogen) atoms. The van der Waals surface area contributed by atoms with E-state index < -0.39 is 27.2 Å². The monoisotopic (exact) mass is 418 g/mol. The lowest BCUT2D eigenvalue weighted by Gasteiger charge is -2.33. The predicted octanol–water partition coefficient (Wildman–Crippen LogP) is 1.68. The summed E-state index contributed by atoms with van der Waals surface area (Å²) in [6.45, 7) is 0.950. The molecule has 11 heteroatoms. The van der Waals surface area contributed by atoms with E-state index in [0.29, 0.717) is 37.7 Å². The van der Waals surface area contributed by atoms with E-state index in [9.17, 15) is 22.0 Å². The molecule has 2 aromatic rings. The summed E-state index contributed by atoms with van der Waals surface area (Å²) in [6, 6.07) is 2.60. The zero-order chi connectivity index (χ0) is 19.8. The number of nitrogens with one attached hydrogen (secondary N) is 1. The van der Waals surface area contributed by atoms with Crippen LogP contribution in [0, 0.1) is 11.6 Å². The van der Waals surface area contributed by atoms with E-state index in [-0.39, 0.29) is 16.8 Å². The molecular weight excluding hydrogens is 402 g/mol. The standard InChI is InChI=1S/C16H17ClF2N4O3S/c1-27(25,26)21-11-4-6-22(7-5-11)14-9-20-23(16(24)15(14)17)13-3-2-10(18)8-12(13)19/h2-3,8-9,11,21H,4-7H2,1H3. The van der Waals surface area contributed by atoms with Crippen molar-refractivity contribution in [2.24, 2.45) is 0 Å². The highest BCUT2D eigenvalue weighted by Gasteiger charge is 2.24. The SMILES string of the molecule is CS(=O)(=O)NC1CCN(c2cnn(-c3ccc(F)cc3F)c(=O)c2Cl)CC1. The first-order valence-corrected chi connectivity index (χ1v) is 10.4. The second-order valence-corrected chi connectivity index (χ2v) is 8.47. The summed E-state index contributed by atoms with van der Waals surface area (Å²) in [4.78, 5) is 14.3. The highest BCUT2D eigenvalue weighted by Crippen LogP contribution is 2.25. The smallest absolute Gasteiger partial charge is 0.292 e. The van der Waals surface area contributed by atoms with Gasteiger partial charge in [-0.15, -0.1) is 0 Å². The van der Waals surface area contributed by atoms with Crippen LogP contribution in [0.1, 0.15) is 12.8 Å². The summed E-state index contributed by atoms with van der Waals surface area (Å²) in [7, 11) is -3.29. The Morgan fingerprint density at radius 2 is 1.89 bits per heavy atom. The number of sulfonamides is 1. The van der Waals surface area contributed by atoms with E-state index in [1.165, 1.54) is 6.20 Å². The third-order valence-electron chi connectivity index (χ3n) is 4.25. The van der Waals surface area contributed by atoms with Crippen LogP contribution >= 0.6 is 11.6 Å². The predicted molar refractivity (Wildman–Crippen MR) is 98.0 cm³/mol. The van der Waals surface area contributed by atoms with Gasteiger partial charge in [-0.05, 0) is 25.0 Å². The zero-order valence-electron chi connectivity index (χ0n) is 14.3. The molecule has 1 aliphatic heterocycles. The van der Waals surface area contributed by atoms with Gasteiger partial charge in [-0.25, -0.2) is 21.9 Å². The van der Waals surface area contributed by atoms with Crippen molar-refractivity contribution in [1.29, 1.82) is 0 Å². The Balaban J connectivity index is 1.83. The molecule has 1 fully saturated rings. The van der Waals surface area contributed by atoms with Gasteiger partial charge in [-0.2, -0.15) is 9.78 Å². The van der Waals surface area contributed by atoms with Gasteiger partial charge in [0.15, 0.2) is 5.82 Å². The number of anilines is 1. The van der Waals surface area contributed by atoms with Gasteiger partial charge >= 0.3 is 0 Å². The second-order valence-electron chi connectivity index (χ2n) is 6.31. The first kappa shape index (κ1) is 19.7. The Kier molecular flexibility index (Phi) is 5.50. The average Bonchev–Trinajstić information content (AvgIpc) is 2.58. The lowest BCUT2D eigenvalue weighted by Crippen LogP contribution is -2.44. The number of nitrogens with zero attached hydrogens (tertiary/aromatic N) is 3. The summed E-state index contributed by atoms with van der Waals surface area (Å²) in [5, 5.41) is 3.82. The molecule has 1 N–H and O–H groups in total. The Bertz CT molecular complexity index is 1020. The molecule has 0 atom stereocenters. The van der Waals surface area contributed by atoms with E-state index in [2.05, 4.69) is 9.82 Å². The minimum Gasteiger partial charge on any atom is -0.369 e. The summed E-state index contributed by atoms with van der Waals surface area (Å²) in [5.41, 5.74) is -0.541. The van der Waals surface area contributed by atoms with Crippen molar-refractivity contribution < 1.29 is 17.2 Å². The molecule has 0 saturated carbocycles. The maximum atomic E-state index is 13.9. The third-order valence-corrected chi connectivity index (χ3v) is 5.37. The molecule has 0 bridgehead atoms. The van der Waals surface area contributed by atoms with Gasteiger partial charge in [0.1, 0.15) is 16.5 Å². The first-order valence-electron chi connectivity index (χ1n) is 8.11. The number of hydrogen-bond acceptors (Lipinski definition) is 5. The van der Waals surface area contributed by atoms with Crippen LogP contribution in [0.3, 0.4) is 0 Å². The lowest BCUT2D eigenvalue weighted by molar-refractivity contribution is 0.461. The minimum absolute atomic E-state index is 0.136. The molecule has 2 heterocycles. The van der Waals surface area contributed by atoms with Crippen LogP contribution in [-0.4, -0.2) is 43.6 Å². The fourth-order valence-corrected chi connectivity index (χ4v) is 4.10. The molecule has 1 saturated heterocycles. The fourth-order valence-electron chi connectivity index (χ4n) is 3.01. The van der Waals surface area contributed by atoms with Gasteiger partial charge in [0.25, 0.3) is 5.56 Å². The van der Waals surface area contributed by atoms with Crippen molar-refractivity contribution in [2.75, 3.05) is 24.2 Å². The Labute approximate surface area is 159 Å². The number of piperidine rings is 1. The van der Waals surface area contributed by atoms with Crippen LogP contribution in [-0.2, 0) is 10.0 Å². The van der Waals surface area contributed by atoms with Crippen molar-refractivity contribution >= 4 is 27.3 Å². The molecule has 0 aliphatic carbocycles. The number of benzene rings is 1. The van der Waals surface area contributed by atoms with Gasteiger partial charge in [0.05, 0.1) is 18.1 Å². The largest absolute Gasteiger partial charge is 0.369 e. The average molecular weight is 419 g/mol. The third kappa shape index (κ3) is 4.45. The second kappa shape index (κ2) is 7.53. The summed E-state index contributed by atoms with van der Waals surface area (Å²) < 4.78 is 53.0. The van der Waals surface area contributed by atoms with Crippen molar-refractivity contribution in [1.82, 2.24) is 14.5 Å². The van der Waals surface area contributed by atoms with Gasteiger partial charge in [-0.1, -0.05) is 11.6 Å². The van der Waals surface area contributed by atoms with Gasteiger partial charge in [0, 0.05) is 25.2 Å². The number of rotatable bonds is 4. The highest BCUT2D eigenvalue weighted by molar-refractivity contribution is 7.88. The molecule has 0 amide bonds. The molecule has 0 radical (unpaired) electrons. The van der Waals surface area contributed by atoms with Crippen molar-refractivity contribution in [3.8, 4) is 5.69 Å². The van der Waals surface area contributed by atoms with Crippen LogP contribution in [0.5, 0.6) is 0 Å². The first-order chi connectivity index (χ1) is 12.7. The molecule has 1 aliphatic rings. The Morgan fingerprint density at radius 3 is 2.48 bits per heavy atom. The van der Waals surface area contributed by atoms with Crippen molar-refractivity contribution in [3.05, 3.63) is 51.4 Å². The molecule has 0 unspecified atom stereocenters. The molecule has 0 spiro atoms. The van der Waals surface area contributed by atoms with Gasteiger partial charge < -0.3 is 4.90 Å². The fraction of sp³-hybridized carbons (Fsp3) is 0.375. The molecule has 7 nitrogen and oxygen atoms in total. The van der Waals surface area contributed by atoms with E-state index in [1.807, 2.05) is 4.90 Å². The number of aromatic nitrogens is 2. The van der Waals surface area contributed by atoms with Crippen LogP contribution in [0.15, 0.2) is 29.2 Å². The maximum Gasteiger partial charge on any atom is 0.292 e. The lowest BCUT2D eigenvalue weighted by atomic mass is 10.1. The Hall–Kier alpha value is -2.04. The van der Waals surface area contributed by atoms with E-state index in [0.717, 1.165) is 23.1 Å². The number of hydrogen-bond donors (Lipinski definition) is 1. The van der Waals surface area contributed by atoms with Crippen LogP contribution in [0.4, 0.5) is 14.5 Å². The van der Waals surface area contributed by atoms with Crippen LogP contribution < -0.4 is 15.2 Å². The van der Waals surface area contributed by atoms with Gasteiger partial charge in [-0.3, -0.25) is 4.79 Å². The maximum absolute atomic E-state index is 13.9. The summed E-state index contributed by atoms with van der Waals surface area (Å²) in [5.74, 6) is -1.70. The Morgan fingerprint density at radius 1 is 1.22 bits per heavy atom.